The van der Waals surface area contributed by atoms with Crippen LogP contribution in [0.4, 0.5) is 11.8 Å². The van der Waals surface area contributed by atoms with Crippen molar-refractivity contribution in [2.45, 2.75) is 13.0 Å². The topological polar surface area (TPSA) is 41.1 Å². The lowest BCUT2D eigenvalue weighted by atomic mass is 10.2. The maximum absolute atomic E-state index is 4.43. The molecule has 4 nitrogen and oxygen atoms in total. The fourth-order valence-corrected chi connectivity index (χ4v) is 2.41. The summed E-state index contributed by atoms with van der Waals surface area (Å²) in [6, 6.07) is 6.45. The molecule has 1 unspecified atom stereocenters. The summed E-state index contributed by atoms with van der Waals surface area (Å²) in [7, 11) is 3.87. The van der Waals surface area contributed by atoms with E-state index in [0.717, 1.165) is 5.82 Å². The third-order valence-electron chi connectivity index (χ3n) is 2.76. The van der Waals surface area contributed by atoms with E-state index in [1.807, 2.05) is 20.2 Å². The third-order valence-corrected chi connectivity index (χ3v) is 3.80. The molecule has 0 saturated heterocycles. The van der Waals surface area contributed by atoms with Crippen molar-refractivity contribution in [3.05, 3.63) is 34.7 Å². The summed E-state index contributed by atoms with van der Waals surface area (Å²) in [5.41, 5.74) is 0. The van der Waals surface area contributed by atoms with Gasteiger partial charge in [0.05, 0.1) is 6.04 Å². The minimum atomic E-state index is 0.314. The molecule has 0 radical (unpaired) electrons. The van der Waals surface area contributed by atoms with Crippen molar-refractivity contribution in [2.24, 2.45) is 0 Å². The second-order valence-corrected chi connectivity index (χ2v) is 4.77. The number of rotatable bonds is 4. The van der Waals surface area contributed by atoms with Gasteiger partial charge >= 0.3 is 0 Å². The van der Waals surface area contributed by atoms with Crippen molar-refractivity contribution in [2.75, 3.05) is 24.3 Å². The van der Waals surface area contributed by atoms with Gasteiger partial charge in [0, 0.05) is 25.2 Å². The maximum Gasteiger partial charge on any atom is 0.224 e. The molecule has 0 bridgehead atoms. The van der Waals surface area contributed by atoms with E-state index in [2.05, 4.69) is 44.6 Å². The van der Waals surface area contributed by atoms with Gasteiger partial charge in [-0.1, -0.05) is 6.07 Å². The molecule has 17 heavy (non-hydrogen) atoms. The zero-order valence-corrected chi connectivity index (χ0v) is 11.0. The average molecular weight is 248 g/mol. The van der Waals surface area contributed by atoms with Crippen molar-refractivity contribution in [3.63, 3.8) is 0 Å². The second kappa shape index (κ2) is 5.14. The van der Waals surface area contributed by atoms with Crippen LogP contribution in [0.2, 0.25) is 0 Å². The van der Waals surface area contributed by atoms with Gasteiger partial charge in [0.1, 0.15) is 5.82 Å². The highest BCUT2D eigenvalue weighted by atomic mass is 32.1. The highest BCUT2D eigenvalue weighted by molar-refractivity contribution is 7.10. The molecule has 5 heteroatoms. The molecule has 0 amide bonds. The summed E-state index contributed by atoms with van der Waals surface area (Å²) in [4.78, 5) is 12.0. The minimum Gasteiger partial charge on any atom is -0.357 e. The number of nitrogens with zero attached hydrogens (tertiary/aromatic N) is 3. The van der Waals surface area contributed by atoms with E-state index in [1.165, 1.54) is 4.88 Å². The summed E-state index contributed by atoms with van der Waals surface area (Å²) in [5.74, 6) is 1.57. The van der Waals surface area contributed by atoms with Crippen molar-refractivity contribution in [1.29, 1.82) is 0 Å². The molecule has 1 N–H and O–H groups in total. The zero-order valence-electron chi connectivity index (χ0n) is 10.2. The molecule has 0 aliphatic carbocycles. The van der Waals surface area contributed by atoms with Crippen LogP contribution in [-0.4, -0.2) is 24.1 Å². The smallest absolute Gasteiger partial charge is 0.224 e. The Morgan fingerprint density at radius 2 is 2.24 bits per heavy atom. The number of aromatic nitrogens is 2. The number of hydrogen-bond acceptors (Lipinski definition) is 5. The Hall–Kier alpha value is -1.62. The molecule has 2 rings (SSSR count). The molecule has 1 atom stereocenters. The van der Waals surface area contributed by atoms with E-state index >= 15 is 0 Å². The van der Waals surface area contributed by atoms with Gasteiger partial charge in [-0.25, -0.2) is 4.98 Å². The Morgan fingerprint density at radius 3 is 2.88 bits per heavy atom. The first kappa shape index (κ1) is 11.9. The Bertz CT molecular complexity index is 469. The van der Waals surface area contributed by atoms with Crippen LogP contribution in [-0.2, 0) is 0 Å². The lowest BCUT2D eigenvalue weighted by molar-refractivity contribution is 0.741. The molecule has 0 aromatic carbocycles. The highest BCUT2D eigenvalue weighted by Gasteiger charge is 2.14. The monoisotopic (exact) mass is 248 g/mol. The average Bonchev–Trinajstić information content (AvgIpc) is 2.91. The standard InChI is InChI=1S/C12H16N4S/c1-9(10-5-4-8-17-10)16(3)11-6-7-14-12(13-2)15-11/h4-9H,1-3H3,(H,13,14,15). The van der Waals surface area contributed by atoms with Crippen LogP contribution >= 0.6 is 11.3 Å². The van der Waals surface area contributed by atoms with Crippen LogP contribution in [0.25, 0.3) is 0 Å². The molecule has 0 spiro atoms. The Kier molecular flexibility index (Phi) is 3.58. The van der Waals surface area contributed by atoms with Crippen LogP contribution < -0.4 is 10.2 Å². The van der Waals surface area contributed by atoms with E-state index in [1.54, 1.807) is 17.5 Å². The fourth-order valence-electron chi connectivity index (χ4n) is 1.58. The Morgan fingerprint density at radius 1 is 1.41 bits per heavy atom. The van der Waals surface area contributed by atoms with Gasteiger partial charge in [-0.05, 0) is 24.4 Å². The Balaban J connectivity index is 2.21. The van der Waals surface area contributed by atoms with E-state index in [-0.39, 0.29) is 0 Å². The number of nitrogens with one attached hydrogen (secondary N) is 1. The van der Waals surface area contributed by atoms with Crippen molar-refractivity contribution in [3.8, 4) is 0 Å². The number of hydrogen-bond donors (Lipinski definition) is 1. The van der Waals surface area contributed by atoms with E-state index in [0.29, 0.717) is 12.0 Å². The van der Waals surface area contributed by atoms with Crippen LogP contribution in [0.15, 0.2) is 29.8 Å². The lowest BCUT2D eigenvalue weighted by Gasteiger charge is -2.25. The summed E-state index contributed by atoms with van der Waals surface area (Å²) in [6.07, 6.45) is 1.77. The van der Waals surface area contributed by atoms with Gasteiger partial charge in [-0.15, -0.1) is 11.3 Å². The van der Waals surface area contributed by atoms with E-state index in [9.17, 15) is 0 Å². The van der Waals surface area contributed by atoms with Crippen LogP contribution in [0, 0.1) is 0 Å². The lowest BCUT2D eigenvalue weighted by Crippen LogP contribution is -2.22. The Labute approximate surface area is 105 Å². The molecule has 0 aliphatic rings. The first-order chi connectivity index (χ1) is 8.22. The molecule has 2 aromatic rings. The largest absolute Gasteiger partial charge is 0.357 e. The second-order valence-electron chi connectivity index (χ2n) is 3.79. The van der Waals surface area contributed by atoms with Gasteiger partial charge in [0.25, 0.3) is 0 Å². The summed E-state index contributed by atoms with van der Waals surface area (Å²) in [6.45, 7) is 2.17. The quantitative estimate of drug-likeness (QED) is 0.903. The number of anilines is 2. The first-order valence-corrected chi connectivity index (χ1v) is 6.37. The van der Waals surface area contributed by atoms with Crippen LogP contribution in [0.5, 0.6) is 0 Å². The molecular formula is C12H16N4S. The molecular weight excluding hydrogens is 232 g/mol. The van der Waals surface area contributed by atoms with E-state index in [4.69, 9.17) is 0 Å². The maximum atomic E-state index is 4.43. The van der Waals surface area contributed by atoms with E-state index < -0.39 is 0 Å². The molecule has 0 aliphatic heterocycles. The normalized spacial score (nSPS) is 12.2. The number of thiophene rings is 1. The molecule has 2 aromatic heterocycles. The summed E-state index contributed by atoms with van der Waals surface area (Å²) >= 11 is 1.76. The van der Waals surface area contributed by atoms with Crippen molar-refractivity contribution in [1.82, 2.24) is 9.97 Å². The van der Waals surface area contributed by atoms with Crippen LogP contribution in [0.3, 0.4) is 0 Å². The molecule has 0 saturated carbocycles. The molecule has 2 heterocycles. The fraction of sp³-hybridized carbons (Fsp3) is 0.333. The van der Waals surface area contributed by atoms with Gasteiger partial charge in [0.2, 0.25) is 5.95 Å². The first-order valence-electron chi connectivity index (χ1n) is 5.49. The third kappa shape index (κ3) is 2.55. The minimum absolute atomic E-state index is 0.314. The highest BCUT2D eigenvalue weighted by Crippen LogP contribution is 2.26. The van der Waals surface area contributed by atoms with Gasteiger partial charge in [0.15, 0.2) is 0 Å². The predicted molar refractivity (Wildman–Crippen MR) is 72.7 cm³/mol. The van der Waals surface area contributed by atoms with Crippen LogP contribution in [0.1, 0.15) is 17.8 Å². The summed E-state index contributed by atoms with van der Waals surface area (Å²) in [5, 5.41) is 5.05. The van der Waals surface area contributed by atoms with Gasteiger partial charge in [-0.3, -0.25) is 0 Å². The molecule has 0 fully saturated rings. The SMILES string of the molecule is CNc1nccc(N(C)C(C)c2cccs2)n1. The summed E-state index contributed by atoms with van der Waals surface area (Å²) < 4.78 is 0. The zero-order chi connectivity index (χ0) is 12.3. The van der Waals surface area contributed by atoms with Crippen molar-refractivity contribution < 1.29 is 0 Å². The van der Waals surface area contributed by atoms with Gasteiger partial charge in [-0.2, -0.15) is 4.98 Å². The van der Waals surface area contributed by atoms with Crippen molar-refractivity contribution >= 4 is 23.1 Å². The predicted octanol–water partition coefficient (Wildman–Crippen LogP) is 2.78. The molecule has 90 valence electrons. The van der Waals surface area contributed by atoms with Gasteiger partial charge < -0.3 is 10.2 Å².